The third-order valence-electron chi connectivity index (χ3n) is 2.61. The van der Waals surface area contributed by atoms with Crippen molar-refractivity contribution in [3.63, 3.8) is 0 Å². The lowest BCUT2D eigenvalue weighted by molar-refractivity contribution is 0.0927. The molecule has 1 heterocycles. The van der Waals surface area contributed by atoms with Crippen molar-refractivity contribution in [2.75, 3.05) is 13.2 Å². The van der Waals surface area contributed by atoms with E-state index in [9.17, 15) is 9.59 Å². The number of fused-ring (bicyclic) bond motifs is 1. The second-order valence-corrected chi connectivity index (χ2v) is 4.64. The number of carbonyl (C=O) groups is 2. The first-order valence-electron chi connectivity index (χ1n) is 6.83. The van der Waals surface area contributed by atoms with E-state index in [1.54, 1.807) is 32.0 Å². The fraction of sp³-hybridized carbons (Fsp3) is 0.267. The fourth-order valence-corrected chi connectivity index (χ4v) is 1.90. The molecule has 0 bridgehead atoms. The molecule has 0 unspecified atom stereocenters. The average molecular weight is 340 g/mol. The molecule has 0 saturated carbocycles. The van der Waals surface area contributed by atoms with Crippen LogP contribution in [0.5, 0.6) is 11.6 Å². The molecule has 7 nitrogen and oxygen atoms in total. The predicted molar refractivity (Wildman–Crippen MR) is 82.1 cm³/mol. The predicted octanol–water partition coefficient (Wildman–Crippen LogP) is 3.96. The lowest BCUT2D eigenvalue weighted by Gasteiger charge is -2.10. The summed E-state index contributed by atoms with van der Waals surface area (Å²) in [5, 5.41) is 1.09. The SMILES string of the molecule is CCOC(=O)Oc1cc2cc(Cl)ccc2nc1OC(=O)OCC. The zero-order chi connectivity index (χ0) is 16.8. The Morgan fingerprint density at radius 2 is 1.70 bits per heavy atom. The Morgan fingerprint density at radius 3 is 2.35 bits per heavy atom. The molecule has 0 saturated heterocycles. The number of ether oxygens (including phenoxy) is 4. The number of rotatable bonds is 4. The molecule has 1 aromatic carbocycles. The van der Waals surface area contributed by atoms with Gasteiger partial charge in [0.05, 0.1) is 18.7 Å². The molecule has 2 aromatic rings. The molecule has 0 radical (unpaired) electrons. The Kier molecular flexibility index (Phi) is 5.59. The van der Waals surface area contributed by atoms with Crippen LogP contribution in [0.1, 0.15) is 13.8 Å². The highest BCUT2D eigenvalue weighted by Gasteiger charge is 2.18. The molecular weight excluding hydrogens is 326 g/mol. The van der Waals surface area contributed by atoms with E-state index in [0.29, 0.717) is 15.9 Å². The molecule has 2 rings (SSSR count). The number of carbonyl (C=O) groups excluding carboxylic acids is 2. The average Bonchev–Trinajstić information content (AvgIpc) is 2.48. The molecule has 23 heavy (non-hydrogen) atoms. The van der Waals surface area contributed by atoms with Crippen LogP contribution in [-0.4, -0.2) is 30.5 Å². The van der Waals surface area contributed by atoms with Gasteiger partial charge in [0.15, 0.2) is 5.75 Å². The monoisotopic (exact) mass is 339 g/mol. The first-order valence-corrected chi connectivity index (χ1v) is 7.20. The second kappa shape index (κ2) is 7.64. The maximum atomic E-state index is 11.5. The van der Waals surface area contributed by atoms with Gasteiger partial charge in [-0.05, 0) is 38.1 Å². The number of nitrogens with zero attached hydrogens (tertiary/aromatic N) is 1. The van der Waals surface area contributed by atoms with Crippen LogP contribution < -0.4 is 9.47 Å². The minimum absolute atomic E-state index is 0.0775. The van der Waals surface area contributed by atoms with Gasteiger partial charge in [-0.2, -0.15) is 0 Å². The summed E-state index contributed by atoms with van der Waals surface area (Å²) in [6, 6.07) is 6.39. The summed E-state index contributed by atoms with van der Waals surface area (Å²) >= 11 is 5.93. The van der Waals surface area contributed by atoms with Crippen molar-refractivity contribution in [3.8, 4) is 11.6 Å². The highest BCUT2D eigenvalue weighted by Crippen LogP contribution is 2.31. The summed E-state index contributed by atoms with van der Waals surface area (Å²) in [4.78, 5) is 27.1. The molecule has 0 atom stereocenters. The Labute approximate surface area is 137 Å². The number of halogens is 1. The zero-order valence-electron chi connectivity index (χ0n) is 12.5. The normalized spacial score (nSPS) is 10.2. The standard InChI is InChI=1S/C15H14ClNO6/c1-3-20-14(18)22-12-8-9-7-10(16)5-6-11(9)17-13(12)23-15(19)21-4-2/h5-8H,3-4H2,1-2H3. The van der Waals surface area contributed by atoms with Crippen molar-refractivity contribution in [1.82, 2.24) is 4.98 Å². The largest absolute Gasteiger partial charge is 0.515 e. The molecule has 0 aliphatic rings. The molecule has 0 N–H and O–H groups in total. The van der Waals surface area contributed by atoms with Crippen LogP contribution in [0, 0.1) is 0 Å². The van der Waals surface area contributed by atoms with E-state index in [2.05, 4.69) is 4.98 Å². The number of aromatic nitrogens is 1. The van der Waals surface area contributed by atoms with Gasteiger partial charge in [0.2, 0.25) is 0 Å². The van der Waals surface area contributed by atoms with E-state index < -0.39 is 12.3 Å². The maximum Gasteiger partial charge on any atom is 0.515 e. The fourth-order valence-electron chi connectivity index (χ4n) is 1.72. The van der Waals surface area contributed by atoms with Crippen molar-refractivity contribution in [3.05, 3.63) is 29.3 Å². The van der Waals surface area contributed by atoms with Crippen molar-refractivity contribution in [1.29, 1.82) is 0 Å². The van der Waals surface area contributed by atoms with Gasteiger partial charge in [0, 0.05) is 10.4 Å². The van der Waals surface area contributed by atoms with Crippen molar-refractivity contribution >= 4 is 34.8 Å². The van der Waals surface area contributed by atoms with Gasteiger partial charge >= 0.3 is 12.3 Å². The molecule has 0 aliphatic carbocycles. The summed E-state index contributed by atoms with van der Waals surface area (Å²) in [6.45, 7) is 3.54. The Morgan fingerprint density at radius 1 is 1.04 bits per heavy atom. The van der Waals surface area contributed by atoms with Crippen LogP contribution in [0.4, 0.5) is 9.59 Å². The van der Waals surface area contributed by atoms with Gasteiger partial charge in [-0.3, -0.25) is 0 Å². The minimum atomic E-state index is -0.956. The van der Waals surface area contributed by atoms with Gasteiger partial charge < -0.3 is 18.9 Å². The van der Waals surface area contributed by atoms with Crippen LogP contribution in [0.3, 0.4) is 0 Å². The van der Waals surface area contributed by atoms with Crippen LogP contribution in [0.25, 0.3) is 10.9 Å². The molecule has 0 amide bonds. The molecule has 0 aliphatic heterocycles. The highest BCUT2D eigenvalue weighted by atomic mass is 35.5. The van der Waals surface area contributed by atoms with E-state index in [1.807, 2.05) is 0 Å². The Bertz CT molecular complexity index is 733. The number of hydrogen-bond acceptors (Lipinski definition) is 7. The van der Waals surface area contributed by atoms with Gasteiger partial charge in [-0.25, -0.2) is 14.6 Å². The minimum Gasteiger partial charge on any atom is -0.434 e. The molecule has 122 valence electrons. The third kappa shape index (κ3) is 4.46. The van der Waals surface area contributed by atoms with Crippen LogP contribution in [0.15, 0.2) is 24.3 Å². The Balaban J connectivity index is 2.41. The van der Waals surface area contributed by atoms with Gasteiger partial charge in [-0.1, -0.05) is 11.6 Å². The summed E-state index contributed by atoms with van der Waals surface area (Å²) in [5.74, 6) is -0.280. The topological polar surface area (TPSA) is 84.0 Å². The molecule has 0 spiro atoms. The van der Waals surface area contributed by atoms with E-state index in [1.165, 1.54) is 6.07 Å². The second-order valence-electron chi connectivity index (χ2n) is 4.20. The van der Waals surface area contributed by atoms with Gasteiger partial charge in [0.1, 0.15) is 0 Å². The maximum absolute atomic E-state index is 11.5. The van der Waals surface area contributed by atoms with Crippen molar-refractivity contribution in [2.24, 2.45) is 0 Å². The van der Waals surface area contributed by atoms with Crippen molar-refractivity contribution < 1.29 is 28.5 Å². The number of hydrogen-bond donors (Lipinski definition) is 0. The lowest BCUT2D eigenvalue weighted by atomic mass is 10.2. The van der Waals surface area contributed by atoms with Gasteiger partial charge in [-0.15, -0.1) is 0 Å². The van der Waals surface area contributed by atoms with E-state index in [4.69, 9.17) is 30.5 Å². The zero-order valence-corrected chi connectivity index (χ0v) is 13.3. The summed E-state index contributed by atoms with van der Waals surface area (Å²) in [6.07, 6.45) is -1.90. The molecule has 0 fully saturated rings. The molecule has 8 heteroatoms. The third-order valence-corrected chi connectivity index (χ3v) is 2.84. The quantitative estimate of drug-likeness (QED) is 0.779. The van der Waals surface area contributed by atoms with E-state index in [-0.39, 0.29) is 24.8 Å². The van der Waals surface area contributed by atoms with Crippen LogP contribution >= 0.6 is 11.6 Å². The first-order chi connectivity index (χ1) is 11.0. The smallest absolute Gasteiger partial charge is 0.434 e. The molecular formula is C15H14ClNO6. The highest BCUT2D eigenvalue weighted by molar-refractivity contribution is 6.31. The van der Waals surface area contributed by atoms with Crippen LogP contribution in [-0.2, 0) is 9.47 Å². The number of benzene rings is 1. The first kappa shape index (κ1) is 16.8. The summed E-state index contributed by atoms with van der Waals surface area (Å²) in [5.41, 5.74) is 0.505. The Hall–Kier alpha value is -2.54. The van der Waals surface area contributed by atoms with Crippen molar-refractivity contribution in [2.45, 2.75) is 13.8 Å². The van der Waals surface area contributed by atoms with Crippen LogP contribution in [0.2, 0.25) is 5.02 Å². The van der Waals surface area contributed by atoms with E-state index in [0.717, 1.165) is 0 Å². The van der Waals surface area contributed by atoms with Gasteiger partial charge in [0.25, 0.3) is 5.88 Å². The number of pyridine rings is 1. The molecule has 1 aromatic heterocycles. The van der Waals surface area contributed by atoms with E-state index >= 15 is 0 Å². The lowest BCUT2D eigenvalue weighted by Crippen LogP contribution is -2.15. The summed E-state index contributed by atoms with van der Waals surface area (Å²) in [7, 11) is 0. The summed E-state index contributed by atoms with van der Waals surface area (Å²) < 4.78 is 19.4.